The van der Waals surface area contributed by atoms with Crippen LogP contribution in [-0.2, 0) is 4.79 Å². The van der Waals surface area contributed by atoms with E-state index in [9.17, 15) is 4.79 Å². The fourth-order valence-corrected chi connectivity index (χ4v) is 1.78. The molecule has 1 fully saturated rings. The van der Waals surface area contributed by atoms with Gasteiger partial charge in [0.1, 0.15) is 11.5 Å². The normalized spacial score (nSPS) is 14.0. The predicted molar refractivity (Wildman–Crippen MR) is 73.8 cm³/mol. The molecule has 1 aromatic carbocycles. The van der Waals surface area contributed by atoms with Crippen LogP contribution in [0.4, 0.5) is 5.69 Å². The van der Waals surface area contributed by atoms with E-state index in [1.807, 2.05) is 0 Å². The van der Waals surface area contributed by atoms with Crippen molar-refractivity contribution in [1.29, 1.82) is 0 Å². The van der Waals surface area contributed by atoms with Crippen LogP contribution < -0.4 is 20.1 Å². The van der Waals surface area contributed by atoms with Gasteiger partial charge < -0.3 is 20.1 Å². The van der Waals surface area contributed by atoms with Gasteiger partial charge in [0.15, 0.2) is 0 Å². The van der Waals surface area contributed by atoms with Gasteiger partial charge in [0.25, 0.3) is 0 Å². The van der Waals surface area contributed by atoms with E-state index >= 15 is 0 Å². The maximum atomic E-state index is 11.8. The van der Waals surface area contributed by atoms with Crippen LogP contribution in [0.15, 0.2) is 18.2 Å². The summed E-state index contributed by atoms with van der Waals surface area (Å²) < 4.78 is 10.3. The Kier molecular flexibility index (Phi) is 4.63. The lowest BCUT2D eigenvalue weighted by Gasteiger charge is -2.10. The number of carbonyl (C=O) groups is 1. The molecule has 0 radical (unpaired) electrons. The number of carbonyl (C=O) groups excluding carboxylic acids is 1. The Hall–Kier alpha value is -1.75. The molecule has 1 aliphatic carbocycles. The van der Waals surface area contributed by atoms with Crippen LogP contribution in [0, 0.1) is 0 Å². The van der Waals surface area contributed by atoms with Crippen molar-refractivity contribution in [1.82, 2.24) is 5.32 Å². The molecule has 2 rings (SSSR count). The lowest BCUT2D eigenvalue weighted by Crippen LogP contribution is -2.23. The molecule has 1 amide bonds. The minimum Gasteiger partial charge on any atom is -0.497 e. The highest BCUT2D eigenvalue weighted by Crippen LogP contribution is 2.25. The Morgan fingerprint density at radius 3 is 2.37 bits per heavy atom. The molecule has 0 bridgehead atoms. The van der Waals surface area contributed by atoms with E-state index in [0.717, 1.165) is 6.54 Å². The lowest BCUT2D eigenvalue weighted by molar-refractivity contribution is -0.116. The number of nitrogens with one attached hydrogen (secondary N) is 2. The van der Waals surface area contributed by atoms with E-state index in [4.69, 9.17) is 9.47 Å². The van der Waals surface area contributed by atoms with Crippen molar-refractivity contribution in [2.45, 2.75) is 25.3 Å². The molecule has 1 aliphatic rings. The first-order valence-corrected chi connectivity index (χ1v) is 6.47. The van der Waals surface area contributed by atoms with Crippen molar-refractivity contribution in [2.24, 2.45) is 0 Å². The molecule has 5 heteroatoms. The number of benzene rings is 1. The SMILES string of the molecule is COc1cc(NC(=O)CCNC2CC2)cc(OC)c1. The van der Waals surface area contributed by atoms with Gasteiger partial charge in [-0.15, -0.1) is 0 Å². The van der Waals surface area contributed by atoms with Gasteiger partial charge in [0.05, 0.1) is 14.2 Å². The van der Waals surface area contributed by atoms with Crippen molar-refractivity contribution in [3.05, 3.63) is 18.2 Å². The van der Waals surface area contributed by atoms with Crippen molar-refractivity contribution >= 4 is 11.6 Å². The molecular weight excluding hydrogens is 244 g/mol. The van der Waals surface area contributed by atoms with Gasteiger partial charge >= 0.3 is 0 Å². The van der Waals surface area contributed by atoms with E-state index in [1.54, 1.807) is 32.4 Å². The smallest absolute Gasteiger partial charge is 0.225 e. The average Bonchev–Trinajstić information content (AvgIpc) is 3.22. The summed E-state index contributed by atoms with van der Waals surface area (Å²) in [6.45, 7) is 0.720. The highest BCUT2D eigenvalue weighted by atomic mass is 16.5. The topological polar surface area (TPSA) is 59.6 Å². The minimum absolute atomic E-state index is 0.0107. The Morgan fingerprint density at radius 1 is 1.21 bits per heavy atom. The third kappa shape index (κ3) is 4.44. The molecule has 0 atom stereocenters. The quantitative estimate of drug-likeness (QED) is 0.788. The van der Waals surface area contributed by atoms with Crippen LogP contribution in [0.1, 0.15) is 19.3 Å². The molecule has 5 nitrogen and oxygen atoms in total. The second-order valence-corrected chi connectivity index (χ2v) is 4.63. The first kappa shape index (κ1) is 13.7. The molecule has 104 valence electrons. The Morgan fingerprint density at radius 2 is 1.84 bits per heavy atom. The number of hydrogen-bond donors (Lipinski definition) is 2. The van der Waals surface area contributed by atoms with Crippen molar-refractivity contribution in [2.75, 3.05) is 26.1 Å². The zero-order valence-corrected chi connectivity index (χ0v) is 11.4. The van der Waals surface area contributed by atoms with Crippen molar-refractivity contribution < 1.29 is 14.3 Å². The van der Waals surface area contributed by atoms with Crippen LogP contribution >= 0.6 is 0 Å². The number of anilines is 1. The number of rotatable bonds is 7. The predicted octanol–water partition coefficient (Wildman–Crippen LogP) is 1.78. The molecular formula is C14H20N2O3. The summed E-state index contributed by atoms with van der Waals surface area (Å²) in [6.07, 6.45) is 2.93. The molecule has 0 saturated heterocycles. The van der Waals surface area contributed by atoms with E-state index in [2.05, 4.69) is 10.6 Å². The summed E-state index contributed by atoms with van der Waals surface area (Å²) in [5, 5.41) is 6.15. The number of methoxy groups -OCH3 is 2. The van der Waals surface area contributed by atoms with Gasteiger partial charge in [-0.05, 0) is 12.8 Å². The summed E-state index contributed by atoms with van der Waals surface area (Å²) in [6, 6.07) is 5.94. The molecule has 0 aromatic heterocycles. The van der Waals surface area contributed by atoms with Crippen LogP contribution in [0.25, 0.3) is 0 Å². The van der Waals surface area contributed by atoms with Crippen LogP contribution in [0.2, 0.25) is 0 Å². The second-order valence-electron chi connectivity index (χ2n) is 4.63. The summed E-state index contributed by atoms with van der Waals surface area (Å²) in [4.78, 5) is 11.8. The van der Waals surface area contributed by atoms with E-state index < -0.39 is 0 Å². The lowest BCUT2D eigenvalue weighted by atomic mass is 10.2. The highest BCUT2D eigenvalue weighted by Gasteiger charge is 2.20. The van der Waals surface area contributed by atoms with Gasteiger partial charge in [-0.3, -0.25) is 4.79 Å². The highest BCUT2D eigenvalue weighted by molar-refractivity contribution is 5.91. The minimum atomic E-state index is -0.0107. The van der Waals surface area contributed by atoms with Crippen LogP contribution in [0.3, 0.4) is 0 Å². The first-order valence-electron chi connectivity index (χ1n) is 6.47. The fourth-order valence-electron chi connectivity index (χ4n) is 1.78. The maximum absolute atomic E-state index is 11.8. The van der Waals surface area contributed by atoms with Crippen LogP contribution in [-0.4, -0.2) is 32.7 Å². The molecule has 0 spiro atoms. The summed E-state index contributed by atoms with van der Waals surface area (Å²) in [7, 11) is 3.17. The van der Waals surface area contributed by atoms with Gasteiger partial charge in [-0.25, -0.2) is 0 Å². The summed E-state index contributed by atoms with van der Waals surface area (Å²) >= 11 is 0. The van der Waals surface area contributed by atoms with Gasteiger partial charge in [0.2, 0.25) is 5.91 Å². The van der Waals surface area contributed by atoms with Crippen LogP contribution in [0.5, 0.6) is 11.5 Å². The standard InChI is InChI=1S/C14H20N2O3/c1-18-12-7-11(8-13(9-12)19-2)16-14(17)5-6-15-10-3-4-10/h7-10,15H,3-6H2,1-2H3,(H,16,17). The summed E-state index contributed by atoms with van der Waals surface area (Å²) in [5.41, 5.74) is 0.688. The number of hydrogen-bond acceptors (Lipinski definition) is 4. The molecule has 0 heterocycles. The number of ether oxygens (including phenoxy) is 2. The van der Waals surface area contributed by atoms with Crippen molar-refractivity contribution in [3.63, 3.8) is 0 Å². The molecule has 2 N–H and O–H groups in total. The van der Waals surface area contributed by atoms with Gasteiger partial charge in [-0.1, -0.05) is 0 Å². The molecule has 19 heavy (non-hydrogen) atoms. The Labute approximate surface area is 113 Å². The maximum Gasteiger partial charge on any atom is 0.225 e. The zero-order chi connectivity index (χ0) is 13.7. The monoisotopic (exact) mass is 264 g/mol. The molecule has 0 aliphatic heterocycles. The third-order valence-corrected chi connectivity index (χ3v) is 3.00. The van der Waals surface area contributed by atoms with Gasteiger partial charge in [0, 0.05) is 42.9 Å². The van der Waals surface area contributed by atoms with E-state index in [0.29, 0.717) is 29.6 Å². The molecule has 0 unspecified atom stereocenters. The van der Waals surface area contributed by atoms with Gasteiger partial charge in [-0.2, -0.15) is 0 Å². The van der Waals surface area contributed by atoms with Crippen molar-refractivity contribution in [3.8, 4) is 11.5 Å². The second kappa shape index (κ2) is 6.43. The zero-order valence-electron chi connectivity index (χ0n) is 11.4. The van der Waals surface area contributed by atoms with E-state index in [1.165, 1.54) is 12.8 Å². The molecule has 1 aromatic rings. The fraction of sp³-hybridized carbons (Fsp3) is 0.500. The number of amides is 1. The average molecular weight is 264 g/mol. The Bertz CT molecular complexity index is 422. The summed E-state index contributed by atoms with van der Waals surface area (Å²) in [5.74, 6) is 1.31. The largest absolute Gasteiger partial charge is 0.497 e. The molecule has 1 saturated carbocycles. The Balaban J connectivity index is 1.87. The first-order chi connectivity index (χ1) is 9.21. The van der Waals surface area contributed by atoms with E-state index in [-0.39, 0.29) is 5.91 Å². The third-order valence-electron chi connectivity index (χ3n) is 3.00.